The van der Waals surface area contributed by atoms with Crippen LogP contribution in [0.25, 0.3) is 11.3 Å². The predicted octanol–water partition coefficient (Wildman–Crippen LogP) is 6.91. The summed E-state index contributed by atoms with van der Waals surface area (Å²) < 4.78 is 0. The molecule has 0 atom stereocenters. The van der Waals surface area contributed by atoms with Crippen molar-refractivity contribution in [3.63, 3.8) is 0 Å². The Morgan fingerprint density at radius 1 is 0.850 bits per heavy atom. The van der Waals surface area contributed by atoms with E-state index in [1.54, 1.807) is 42.5 Å². The smallest absolute Gasteiger partial charge is 0.289 e. The topological polar surface area (TPSA) is 87.0 Å². The lowest BCUT2D eigenvalue weighted by Crippen LogP contribution is -2.28. The van der Waals surface area contributed by atoms with Crippen molar-refractivity contribution in [1.82, 2.24) is 4.98 Å². The summed E-state index contributed by atoms with van der Waals surface area (Å²) in [7, 11) is 0. The maximum Gasteiger partial charge on any atom is 0.303 e. The Labute approximate surface area is 239 Å². The zero-order valence-corrected chi connectivity index (χ0v) is 22.4. The summed E-state index contributed by atoms with van der Waals surface area (Å²) >= 11 is 7.55. The van der Waals surface area contributed by atoms with Crippen molar-refractivity contribution < 1.29 is 9.59 Å². The van der Waals surface area contributed by atoms with Gasteiger partial charge in [-0.3, -0.25) is 15.0 Å². The van der Waals surface area contributed by atoms with Crippen LogP contribution in [0.15, 0.2) is 125 Å². The number of nitrogens with one attached hydrogen (secondary N) is 1. The second-order valence-electron chi connectivity index (χ2n) is 8.77. The Morgan fingerprint density at radius 2 is 1.50 bits per heavy atom. The normalized spacial score (nSPS) is 13.9. The number of halogens is 1. The number of ketones is 1. The largest absolute Gasteiger partial charge is 0.303 e. The Bertz CT molecular complexity index is 1770. The van der Waals surface area contributed by atoms with E-state index in [1.165, 1.54) is 16.3 Å². The van der Waals surface area contributed by atoms with Crippen molar-refractivity contribution in [3.05, 3.63) is 136 Å². The Balaban J connectivity index is 1.36. The summed E-state index contributed by atoms with van der Waals surface area (Å²) in [6.07, 6.45) is 0. The molecule has 1 aromatic heterocycles. The molecule has 0 fully saturated rings. The summed E-state index contributed by atoms with van der Waals surface area (Å²) in [6.45, 7) is 0. The molecule has 5 aromatic rings. The molecule has 1 aliphatic rings. The molecule has 2 heterocycles. The second kappa shape index (κ2) is 11.1. The van der Waals surface area contributed by atoms with Gasteiger partial charge in [0, 0.05) is 32.7 Å². The van der Waals surface area contributed by atoms with Crippen LogP contribution >= 0.6 is 22.9 Å². The molecule has 0 bridgehead atoms. The first kappa shape index (κ1) is 25.4. The standard InChI is InChI=1S/C31H20ClN5O2S/c32-23-16-17-25(24(18-23)29(38)22-14-8-3-9-15-22)34-35-28-27(21-12-6-2-7-13-21)36-37(30(28)39)31-33-26(19-40-31)20-10-4-1-5-11-20/h1-19,34H/b35-28+. The van der Waals surface area contributed by atoms with Gasteiger partial charge in [-0.2, -0.15) is 15.2 Å². The Hall–Kier alpha value is -4.92. The van der Waals surface area contributed by atoms with E-state index < -0.39 is 5.91 Å². The zero-order chi connectivity index (χ0) is 27.5. The van der Waals surface area contributed by atoms with E-state index in [9.17, 15) is 9.59 Å². The van der Waals surface area contributed by atoms with Gasteiger partial charge in [0.25, 0.3) is 0 Å². The van der Waals surface area contributed by atoms with Gasteiger partial charge in [0.2, 0.25) is 5.13 Å². The lowest BCUT2D eigenvalue weighted by molar-refractivity contribution is -0.112. The fraction of sp³-hybridized carbons (Fsp3) is 0. The molecule has 9 heteroatoms. The van der Waals surface area contributed by atoms with Gasteiger partial charge in [-0.15, -0.1) is 11.3 Å². The van der Waals surface area contributed by atoms with Crippen LogP contribution in [-0.4, -0.2) is 28.1 Å². The van der Waals surface area contributed by atoms with E-state index in [1.807, 2.05) is 72.1 Å². The van der Waals surface area contributed by atoms with Gasteiger partial charge in [-0.25, -0.2) is 4.98 Å². The number of hydrogen-bond acceptors (Lipinski definition) is 7. The van der Waals surface area contributed by atoms with Crippen LogP contribution in [0.3, 0.4) is 0 Å². The van der Waals surface area contributed by atoms with Gasteiger partial charge in [0.1, 0.15) is 5.71 Å². The van der Waals surface area contributed by atoms with Crippen LogP contribution in [0.5, 0.6) is 0 Å². The minimum Gasteiger partial charge on any atom is -0.289 e. The van der Waals surface area contributed by atoms with Crippen molar-refractivity contribution in [2.24, 2.45) is 10.2 Å². The number of carbonyl (C=O) groups is 2. The van der Waals surface area contributed by atoms with Crippen molar-refractivity contribution >= 4 is 56.9 Å². The van der Waals surface area contributed by atoms with Crippen LogP contribution in [0.1, 0.15) is 21.5 Å². The van der Waals surface area contributed by atoms with Crippen molar-refractivity contribution in [3.8, 4) is 11.3 Å². The maximum atomic E-state index is 13.7. The highest BCUT2D eigenvalue weighted by Gasteiger charge is 2.36. The number of carbonyl (C=O) groups excluding carboxylic acids is 2. The summed E-state index contributed by atoms with van der Waals surface area (Å²) in [5, 5.41) is 13.1. The highest BCUT2D eigenvalue weighted by molar-refractivity contribution is 7.14. The molecule has 0 radical (unpaired) electrons. The SMILES string of the molecule is O=C(c1ccccc1)c1cc(Cl)ccc1N/N=C1/C(=O)N(c2nc(-c3ccccc3)cs2)N=C1c1ccccc1. The molecular formula is C31H20ClN5O2S. The minimum absolute atomic E-state index is 0.0933. The van der Waals surface area contributed by atoms with E-state index in [0.717, 1.165) is 16.8 Å². The molecule has 194 valence electrons. The van der Waals surface area contributed by atoms with E-state index in [-0.39, 0.29) is 11.5 Å². The van der Waals surface area contributed by atoms with Crippen LogP contribution in [0.2, 0.25) is 5.02 Å². The quantitative estimate of drug-likeness (QED) is 0.173. The van der Waals surface area contributed by atoms with E-state index >= 15 is 0 Å². The number of aromatic nitrogens is 1. The lowest BCUT2D eigenvalue weighted by atomic mass is 10.0. The summed E-state index contributed by atoms with van der Waals surface area (Å²) in [5.41, 5.74) is 7.06. The van der Waals surface area contributed by atoms with Gasteiger partial charge in [-0.1, -0.05) is 103 Å². The first-order chi connectivity index (χ1) is 19.6. The zero-order valence-electron chi connectivity index (χ0n) is 20.9. The first-order valence-corrected chi connectivity index (χ1v) is 13.6. The van der Waals surface area contributed by atoms with Crippen molar-refractivity contribution in [1.29, 1.82) is 0 Å². The highest BCUT2D eigenvalue weighted by atomic mass is 35.5. The number of thiazole rings is 1. The molecule has 1 amide bonds. The van der Waals surface area contributed by atoms with E-state index in [0.29, 0.717) is 32.7 Å². The fourth-order valence-corrected chi connectivity index (χ4v) is 5.13. The Kier molecular flexibility index (Phi) is 7.01. The third-order valence-corrected chi connectivity index (χ3v) is 7.21. The van der Waals surface area contributed by atoms with Crippen LogP contribution in [0, 0.1) is 0 Å². The molecule has 0 saturated carbocycles. The number of nitrogens with zero attached hydrogens (tertiary/aromatic N) is 4. The van der Waals surface area contributed by atoms with E-state index in [4.69, 9.17) is 11.6 Å². The highest BCUT2D eigenvalue weighted by Crippen LogP contribution is 2.30. The fourth-order valence-electron chi connectivity index (χ4n) is 4.18. The summed E-state index contributed by atoms with van der Waals surface area (Å²) in [4.78, 5) is 31.6. The molecule has 4 aromatic carbocycles. The maximum absolute atomic E-state index is 13.7. The molecule has 0 aliphatic carbocycles. The molecule has 0 saturated heterocycles. The third-order valence-electron chi connectivity index (χ3n) is 6.16. The third kappa shape index (κ3) is 5.05. The van der Waals surface area contributed by atoms with Crippen LogP contribution in [0.4, 0.5) is 10.8 Å². The molecule has 40 heavy (non-hydrogen) atoms. The van der Waals surface area contributed by atoms with Crippen molar-refractivity contribution in [2.45, 2.75) is 0 Å². The van der Waals surface area contributed by atoms with Gasteiger partial charge in [-0.05, 0) is 18.2 Å². The summed E-state index contributed by atoms with van der Waals surface area (Å²) in [6, 6.07) is 32.8. The monoisotopic (exact) mass is 561 g/mol. The van der Waals surface area contributed by atoms with E-state index in [2.05, 4.69) is 20.6 Å². The second-order valence-corrected chi connectivity index (χ2v) is 10.0. The number of anilines is 2. The number of benzene rings is 4. The average Bonchev–Trinajstić information content (AvgIpc) is 3.62. The van der Waals surface area contributed by atoms with Gasteiger partial charge >= 0.3 is 5.91 Å². The number of amides is 1. The number of rotatable bonds is 7. The number of hydrogen-bond donors (Lipinski definition) is 1. The minimum atomic E-state index is -0.440. The molecule has 6 rings (SSSR count). The Morgan fingerprint density at radius 3 is 2.20 bits per heavy atom. The molecular weight excluding hydrogens is 542 g/mol. The molecule has 0 unspecified atom stereocenters. The van der Waals surface area contributed by atoms with Crippen molar-refractivity contribution in [2.75, 3.05) is 10.4 Å². The summed E-state index contributed by atoms with van der Waals surface area (Å²) in [5.74, 6) is -0.663. The van der Waals surface area contributed by atoms with Crippen LogP contribution < -0.4 is 10.4 Å². The predicted molar refractivity (Wildman–Crippen MR) is 160 cm³/mol. The number of hydrazone groups is 2. The van der Waals surface area contributed by atoms with Gasteiger partial charge in [0.05, 0.1) is 11.4 Å². The molecule has 7 nitrogen and oxygen atoms in total. The lowest BCUT2D eigenvalue weighted by Gasteiger charge is -2.10. The molecule has 0 spiro atoms. The molecule has 1 aliphatic heterocycles. The van der Waals surface area contributed by atoms with Crippen LogP contribution in [-0.2, 0) is 4.79 Å². The average molecular weight is 562 g/mol. The van der Waals surface area contributed by atoms with Gasteiger partial charge < -0.3 is 0 Å². The first-order valence-electron chi connectivity index (χ1n) is 12.3. The van der Waals surface area contributed by atoms with Gasteiger partial charge in [0.15, 0.2) is 11.5 Å². The molecule has 1 N–H and O–H groups in total.